The minimum atomic E-state index is -4.48. The molecule has 0 aliphatic carbocycles. The molecule has 1 N–H and O–H groups in total. The number of rotatable bonds is 14. The highest BCUT2D eigenvalue weighted by molar-refractivity contribution is 7.93. The van der Waals surface area contributed by atoms with Crippen molar-refractivity contribution in [2.45, 2.75) is 83.4 Å². The van der Waals surface area contributed by atoms with Crippen LogP contribution in [0, 0.1) is 20.8 Å². The van der Waals surface area contributed by atoms with Crippen molar-refractivity contribution in [2.75, 3.05) is 11.3 Å². The summed E-state index contributed by atoms with van der Waals surface area (Å²) in [5.41, 5.74) is 3.17. The maximum atomic E-state index is 14.0. The number of anilines is 1. The molecule has 1 heterocycles. The van der Waals surface area contributed by atoms with Gasteiger partial charge < -0.3 is 9.26 Å². The first kappa shape index (κ1) is 31.4. The van der Waals surface area contributed by atoms with Crippen LogP contribution in [0.15, 0.2) is 58.5 Å². The second-order valence-corrected chi connectivity index (χ2v) is 11.6. The van der Waals surface area contributed by atoms with E-state index in [-0.39, 0.29) is 23.2 Å². The van der Waals surface area contributed by atoms with Gasteiger partial charge in [-0.2, -0.15) is 13.2 Å². The van der Waals surface area contributed by atoms with Crippen LogP contribution in [0.5, 0.6) is 0 Å². The van der Waals surface area contributed by atoms with E-state index in [0.29, 0.717) is 33.6 Å². The Balaban J connectivity index is 2.14. The molecular formula is C30H37F3N2O4S. The third-order valence-corrected chi connectivity index (χ3v) is 8.51. The lowest BCUT2D eigenvalue weighted by atomic mass is 9.87. The SMILES string of the molecule is C=CC(CCCCCC)c1ccc(-c2ccccc2COCC(F)(F)F)c(S(=O)(=O)Nc2noc(C)c2C)c1C. The minimum absolute atomic E-state index is 0.0220. The number of ether oxygens (including phenoxy) is 1. The highest BCUT2D eigenvalue weighted by atomic mass is 32.2. The molecule has 0 aliphatic rings. The fourth-order valence-electron chi connectivity index (χ4n) is 4.74. The number of aryl methyl sites for hydroxylation is 1. The Bertz CT molecular complexity index is 1410. The molecule has 1 atom stereocenters. The number of nitrogens with zero attached hydrogens (tertiary/aromatic N) is 1. The second kappa shape index (κ2) is 13.5. The summed E-state index contributed by atoms with van der Waals surface area (Å²) in [7, 11) is -4.21. The molecule has 0 fully saturated rings. The van der Waals surface area contributed by atoms with Crippen LogP contribution in [-0.2, 0) is 21.4 Å². The summed E-state index contributed by atoms with van der Waals surface area (Å²) < 4.78 is 78.9. The maximum Gasteiger partial charge on any atom is 0.411 e. The van der Waals surface area contributed by atoms with Gasteiger partial charge in [0, 0.05) is 17.0 Å². The van der Waals surface area contributed by atoms with Gasteiger partial charge in [-0.1, -0.05) is 80.2 Å². The summed E-state index contributed by atoms with van der Waals surface area (Å²) in [6, 6.07) is 10.3. The van der Waals surface area contributed by atoms with Gasteiger partial charge in [-0.25, -0.2) is 8.42 Å². The van der Waals surface area contributed by atoms with Gasteiger partial charge in [-0.05, 0) is 49.4 Å². The van der Waals surface area contributed by atoms with E-state index in [4.69, 9.17) is 9.26 Å². The molecule has 6 nitrogen and oxygen atoms in total. The molecular weight excluding hydrogens is 541 g/mol. The van der Waals surface area contributed by atoms with Gasteiger partial charge in [0.05, 0.1) is 11.5 Å². The summed E-state index contributed by atoms with van der Waals surface area (Å²) in [4.78, 5) is 0.0220. The molecule has 40 heavy (non-hydrogen) atoms. The predicted molar refractivity (Wildman–Crippen MR) is 151 cm³/mol. The monoisotopic (exact) mass is 578 g/mol. The fraction of sp³-hybridized carbons (Fsp3) is 0.433. The van der Waals surface area contributed by atoms with Gasteiger partial charge >= 0.3 is 6.18 Å². The topological polar surface area (TPSA) is 81.4 Å². The van der Waals surface area contributed by atoms with Crippen molar-refractivity contribution in [1.82, 2.24) is 5.16 Å². The molecule has 0 saturated carbocycles. The number of allylic oxidation sites excluding steroid dienone is 1. The van der Waals surface area contributed by atoms with E-state index in [1.165, 1.54) is 0 Å². The number of aromatic nitrogens is 1. The Kier molecular flexibility index (Phi) is 10.6. The minimum Gasteiger partial charge on any atom is -0.367 e. The van der Waals surface area contributed by atoms with Crippen molar-refractivity contribution in [3.63, 3.8) is 0 Å². The standard InChI is InChI=1S/C30H37F3N2O4S/c1-6-8-9-10-13-23(7-2)25-16-17-27(26-15-12-11-14-24(26)18-38-19-30(31,32)33)28(21(25)4)40(36,37)35-29-20(3)22(5)39-34-29/h7,11-12,14-17,23H,2,6,8-10,13,18-19H2,1,3-5H3,(H,34,35). The lowest BCUT2D eigenvalue weighted by Crippen LogP contribution is -2.18. The largest absolute Gasteiger partial charge is 0.411 e. The van der Waals surface area contributed by atoms with Gasteiger partial charge in [0.25, 0.3) is 10.0 Å². The number of sulfonamides is 1. The average molecular weight is 579 g/mol. The van der Waals surface area contributed by atoms with Crippen LogP contribution < -0.4 is 4.72 Å². The quantitative estimate of drug-likeness (QED) is 0.153. The van der Waals surface area contributed by atoms with Crippen molar-refractivity contribution in [3.8, 4) is 11.1 Å². The smallest absolute Gasteiger partial charge is 0.367 e. The van der Waals surface area contributed by atoms with E-state index in [0.717, 1.165) is 37.7 Å². The lowest BCUT2D eigenvalue weighted by molar-refractivity contribution is -0.176. The Morgan fingerprint density at radius 1 is 1.05 bits per heavy atom. The van der Waals surface area contributed by atoms with Crippen molar-refractivity contribution >= 4 is 15.8 Å². The third-order valence-electron chi connectivity index (χ3n) is 6.99. The molecule has 0 bridgehead atoms. The first-order valence-corrected chi connectivity index (χ1v) is 14.8. The van der Waals surface area contributed by atoms with Crippen LogP contribution in [0.3, 0.4) is 0 Å². The van der Waals surface area contributed by atoms with Crippen LogP contribution in [0.2, 0.25) is 0 Å². The number of unbranched alkanes of at least 4 members (excludes halogenated alkanes) is 3. The zero-order valence-corrected chi connectivity index (χ0v) is 24.2. The normalized spacial score (nSPS) is 12.9. The van der Waals surface area contributed by atoms with Crippen LogP contribution in [0.25, 0.3) is 11.1 Å². The molecule has 0 amide bonds. The molecule has 2 aromatic carbocycles. The number of hydrogen-bond donors (Lipinski definition) is 1. The lowest BCUT2D eigenvalue weighted by Gasteiger charge is -2.22. The number of hydrogen-bond acceptors (Lipinski definition) is 5. The fourth-order valence-corrected chi connectivity index (χ4v) is 6.27. The highest BCUT2D eigenvalue weighted by Gasteiger charge is 2.30. The number of halogens is 3. The van der Waals surface area contributed by atoms with Gasteiger partial charge in [0.2, 0.25) is 0 Å². The molecule has 0 saturated heterocycles. The third kappa shape index (κ3) is 7.75. The molecule has 0 aliphatic heterocycles. The Morgan fingerprint density at radius 2 is 1.77 bits per heavy atom. The number of nitrogens with one attached hydrogen (secondary N) is 1. The second-order valence-electron chi connectivity index (χ2n) is 9.93. The van der Waals surface area contributed by atoms with Crippen molar-refractivity contribution < 1.29 is 30.8 Å². The van der Waals surface area contributed by atoms with E-state index in [2.05, 4.69) is 23.4 Å². The van der Waals surface area contributed by atoms with Crippen molar-refractivity contribution in [2.24, 2.45) is 0 Å². The molecule has 0 spiro atoms. The number of benzene rings is 2. The predicted octanol–water partition coefficient (Wildman–Crippen LogP) is 8.39. The van der Waals surface area contributed by atoms with Crippen molar-refractivity contribution in [1.29, 1.82) is 0 Å². The molecule has 10 heteroatoms. The zero-order valence-electron chi connectivity index (χ0n) is 23.4. The van der Waals surface area contributed by atoms with E-state index in [1.54, 1.807) is 51.1 Å². The van der Waals surface area contributed by atoms with E-state index < -0.39 is 22.8 Å². The van der Waals surface area contributed by atoms with Crippen LogP contribution in [-0.4, -0.2) is 26.4 Å². The Hall–Kier alpha value is -3.11. The summed E-state index contributed by atoms with van der Waals surface area (Å²) >= 11 is 0. The Labute approximate surface area is 234 Å². The van der Waals surface area contributed by atoms with Crippen LogP contribution >= 0.6 is 0 Å². The van der Waals surface area contributed by atoms with E-state index in [9.17, 15) is 21.6 Å². The van der Waals surface area contributed by atoms with Gasteiger partial charge in [-0.3, -0.25) is 4.72 Å². The van der Waals surface area contributed by atoms with Gasteiger partial charge in [0.1, 0.15) is 12.4 Å². The molecule has 1 aromatic heterocycles. The molecule has 3 rings (SSSR count). The first-order valence-electron chi connectivity index (χ1n) is 13.3. The van der Waals surface area contributed by atoms with Gasteiger partial charge in [0.15, 0.2) is 5.82 Å². The first-order chi connectivity index (χ1) is 18.9. The van der Waals surface area contributed by atoms with Gasteiger partial charge in [-0.15, -0.1) is 6.58 Å². The molecule has 218 valence electrons. The highest BCUT2D eigenvalue weighted by Crippen LogP contribution is 2.39. The summed E-state index contributed by atoms with van der Waals surface area (Å²) in [5.74, 6) is 0.491. The van der Waals surface area contributed by atoms with Crippen LogP contribution in [0.1, 0.15) is 73.0 Å². The van der Waals surface area contributed by atoms with Crippen LogP contribution in [0.4, 0.5) is 19.0 Å². The summed E-state index contributed by atoms with van der Waals surface area (Å²) in [6.45, 7) is 9.53. The van der Waals surface area contributed by atoms with E-state index >= 15 is 0 Å². The molecule has 1 unspecified atom stereocenters. The average Bonchev–Trinajstić information content (AvgIpc) is 3.20. The summed E-state index contributed by atoms with van der Waals surface area (Å²) in [5, 5.41) is 3.86. The summed E-state index contributed by atoms with van der Waals surface area (Å²) in [6.07, 6.45) is 2.45. The molecule has 3 aromatic rings. The zero-order chi connectivity index (χ0) is 29.5. The van der Waals surface area contributed by atoms with Crippen molar-refractivity contribution in [3.05, 3.63) is 77.1 Å². The Morgan fingerprint density at radius 3 is 2.40 bits per heavy atom. The molecule has 0 radical (unpaired) electrons. The number of alkyl halides is 3. The van der Waals surface area contributed by atoms with E-state index in [1.807, 2.05) is 12.1 Å². The maximum absolute atomic E-state index is 14.0.